The second-order valence-corrected chi connectivity index (χ2v) is 7.56. The SMILES string of the molecule is CC(C1CCC1)N1CC(NCC2CCC2)CC(C(=O)O)C1. The number of carboxylic acids is 1. The Morgan fingerprint density at radius 1 is 1.24 bits per heavy atom. The maximum Gasteiger partial charge on any atom is 0.307 e. The van der Waals surface area contributed by atoms with Crippen LogP contribution in [0.1, 0.15) is 51.9 Å². The lowest BCUT2D eigenvalue weighted by molar-refractivity contribution is -0.144. The number of hydrogen-bond donors (Lipinski definition) is 2. The summed E-state index contributed by atoms with van der Waals surface area (Å²) < 4.78 is 0. The molecule has 0 radical (unpaired) electrons. The van der Waals surface area contributed by atoms with Crippen LogP contribution in [0.5, 0.6) is 0 Å². The van der Waals surface area contributed by atoms with Crippen molar-refractivity contribution in [1.29, 1.82) is 0 Å². The predicted molar refractivity (Wildman–Crippen MR) is 83.3 cm³/mol. The first-order chi connectivity index (χ1) is 10.1. The molecule has 3 unspecified atom stereocenters. The molecule has 0 aromatic rings. The molecule has 4 heteroatoms. The molecule has 2 saturated carbocycles. The molecule has 3 aliphatic rings. The first-order valence-corrected chi connectivity index (χ1v) is 8.83. The fraction of sp³-hybridized carbons (Fsp3) is 0.941. The molecule has 0 amide bonds. The highest BCUT2D eigenvalue weighted by Gasteiger charge is 2.37. The first-order valence-electron chi connectivity index (χ1n) is 8.83. The maximum absolute atomic E-state index is 11.5. The molecule has 3 fully saturated rings. The van der Waals surface area contributed by atoms with Crippen LogP contribution in [0, 0.1) is 17.8 Å². The molecule has 2 N–H and O–H groups in total. The molecule has 0 bridgehead atoms. The van der Waals surface area contributed by atoms with E-state index < -0.39 is 5.97 Å². The zero-order chi connectivity index (χ0) is 14.8. The zero-order valence-corrected chi connectivity index (χ0v) is 13.3. The number of rotatable bonds is 6. The number of hydrogen-bond acceptors (Lipinski definition) is 3. The van der Waals surface area contributed by atoms with Gasteiger partial charge in [-0.05, 0) is 57.4 Å². The summed E-state index contributed by atoms with van der Waals surface area (Å²) in [5.74, 6) is 0.827. The molecular formula is C17H30N2O2. The van der Waals surface area contributed by atoms with Gasteiger partial charge in [0.2, 0.25) is 0 Å². The average Bonchev–Trinajstić information content (AvgIpc) is 2.34. The Morgan fingerprint density at radius 3 is 2.48 bits per heavy atom. The smallest absolute Gasteiger partial charge is 0.307 e. The molecule has 0 aromatic heterocycles. The van der Waals surface area contributed by atoms with Gasteiger partial charge in [-0.2, -0.15) is 0 Å². The summed E-state index contributed by atoms with van der Waals surface area (Å²) in [5, 5.41) is 13.1. The molecule has 21 heavy (non-hydrogen) atoms. The third-order valence-corrected chi connectivity index (χ3v) is 6.16. The minimum absolute atomic E-state index is 0.194. The molecule has 1 heterocycles. The van der Waals surface area contributed by atoms with Crippen molar-refractivity contribution >= 4 is 5.97 Å². The number of carbonyl (C=O) groups is 1. The largest absolute Gasteiger partial charge is 0.481 e. The van der Waals surface area contributed by atoms with Crippen LogP contribution in [0.15, 0.2) is 0 Å². The highest BCUT2D eigenvalue weighted by atomic mass is 16.4. The predicted octanol–water partition coefficient (Wildman–Crippen LogP) is 2.34. The van der Waals surface area contributed by atoms with Crippen molar-refractivity contribution < 1.29 is 9.90 Å². The number of likely N-dealkylation sites (tertiary alicyclic amines) is 1. The normalized spacial score (nSPS) is 33.2. The van der Waals surface area contributed by atoms with Crippen molar-refractivity contribution in [3.8, 4) is 0 Å². The van der Waals surface area contributed by atoms with Crippen molar-refractivity contribution in [3.63, 3.8) is 0 Å². The van der Waals surface area contributed by atoms with Crippen LogP contribution in [-0.2, 0) is 4.79 Å². The van der Waals surface area contributed by atoms with E-state index >= 15 is 0 Å². The third-order valence-electron chi connectivity index (χ3n) is 6.16. The maximum atomic E-state index is 11.5. The van der Waals surface area contributed by atoms with E-state index in [1.54, 1.807) is 0 Å². The summed E-state index contributed by atoms with van der Waals surface area (Å²) >= 11 is 0. The first kappa shape index (κ1) is 15.3. The molecular weight excluding hydrogens is 264 g/mol. The molecule has 3 rings (SSSR count). The monoisotopic (exact) mass is 294 g/mol. The highest BCUT2D eigenvalue weighted by molar-refractivity contribution is 5.70. The van der Waals surface area contributed by atoms with Crippen molar-refractivity contribution in [2.75, 3.05) is 19.6 Å². The van der Waals surface area contributed by atoms with E-state index in [2.05, 4.69) is 17.1 Å². The van der Waals surface area contributed by atoms with Gasteiger partial charge < -0.3 is 10.4 Å². The summed E-state index contributed by atoms with van der Waals surface area (Å²) in [6.45, 7) is 5.17. The molecule has 2 aliphatic carbocycles. The minimum Gasteiger partial charge on any atom is -0.481 e. The van der Waals surface area contributed by atoms with E-state index in [9.17, 15) is 9.90 Å². The Bertz CT molecular complexity index is 366. The van der Waals surface area contributed by atoms with Crippen molar-refractivity contribution in [1.82, 2.24) is 10.2 Å². The lowest BCUT2D eigenvalue weighted by Gasteiger charge is -2.45. The minimum atomic E-state index is -0.615. The van der Waals surface area contributed by atoms with Gasteiger partial charge in [-0.25, -0.2) is 0 Å². The van der Waals surface area contributed by atoms with Gasteiger partial charge in [-0.15, -0.1) is 0 Å². The topological polar surface area (TPSA) is 52.6 Å². The molecule has 0 aromatic carbocycles. The molecule has 120 valence electrons. The van der Waals surface area contributed by atoms with E-state index in [-0.39, 0.29) is 5.92 Å². The van der Waals surface area contributed by atoms with Crippen molar-refractivity contribution in [2.45, 2.75) is 64.0 Å². The average molecular weight is 294 g/mol. The Labute approximate surface area is 128 Å². The third kappa shape index (κ3) is 3.59. The van der Waals surface area contributed by atoms with Crippen LogP contribution in [0.25, 0.3) is 0 Å². The van der Waals surface area contributed by atoms with Crippen molar-refractivity contribution in [2.24, 2.45) is 17.8 Å². The molecule has 1 aliphatic heterocycles. The fourth-order valence-corrected chi connectivity index (χ4v) is 4.04. The number of aliphatic carboxylic acids is 1. The zero-order valence-electron chi connectivity index (χ0n) is 13.3. The highest BCUT2D eigenvalue weighted by Crippen LogP contribution is 2.34. The van der Waals surface area contributed by atoms with Gasteiger partial charge in [-0.1, -0.05) is 12.8 Å². The summed E-state index contributed by atoms with van der Waals surface area (Å²) in [6.07, 6.45) is 8.89. The van der Waals surface area contributed by atoms with Gasteiger partial charge >= 0.3 is 5.97 Å². The molecule has 3 atom stereocenters. The molecule has 0 spiro atoms. The van der Waals surface area contributed by atoms with Crippen LogP contribution in [-0.4, -0.2) is 47.7 Å². The van der Waals surface area contributed by atoms with E-state index in [0.29, 0.717) is 12.1 Å². The Morgan fingerprint density at radius 2 is 1.95 bits per heavy atom. The number of nitrogens with zero attached hydrogens (tertiary/aromatic N) is 1. The van der Waals surface area contributed by atoms with Crippen LogP contribution in [0.2, 0.25) is 0 Å². The van der Waals surface area contributed by atoms with Gasteiger partial charge in [0.1, 0.15) is 0 Å². The second-order valence-electron chi connectivity index (χ2n) is 7.56. The summed E-state index contributed by atoms with van der Waals surface area (Å²) in [7, 11) is 0. The summed E-state index contributed by atoms with van der Waals surface area (Å²) in [4.78, 5) is 13.9. The Kier molecular flexibility index (Phi) is 4.85. The quantitative estimate of drug-likeness (QED) is 0.789. The molecule has 4 nitrogen and oxygen atoms in total. The van der Waals surface area contributed by atoms with Gasteiger partial charge in [0.05, 0.1) is 5.92 Å². The summed E-state index contributed by atoms with van der Waals surface area (Å²) in [5.41, 5.74) is 0. The van der Waals surface area contributed by atoms with Crippen LogP contribution in [0.4, 0.5) is 0 Å². The van der Waals surface area contributed by atoms with E-state index in [4.69, 9.17) is 0 Å². The number of nitrogens with one attached hydrogen (secondary N) is 1. The van der Waals surface area contributed by atoms with Gasteiger partial charge in [-0.3, -0.25) is 9.69 Å². The Balaban J connectivity index is 1.55. The number of piperidine rings is 1. The van der Waals surface area contributed by atoms with Crippen molar-refractivity contribution in [3.05, 3.63) is 0 Å². The second kappa shape index (κ2) is 6.66. The van der Waals surface area contributed by atoms with Gasteiger partial charge in [0.15, 0.2) is 0 Å². The standard InChI is InChI=1S/C17H30N2O2/c1-12(14-6-3-7-14)19-10-15(17(20)21)8-16(11-19)18-9-13-4-2-5-13/h12-16,18H,2-11H2,1H3,(H,20,21). The Hall–Kier alpha value is -0.610. The van der Waals surface area contributed by atoms with Gasteiger partial charge in [0, 0.05) is 25.2 Å². The van der Waals surface area contributed by atoms with E-state index in [0.717, 1.165) is 37.9 Å². The fourth-order valence-electron chi connectivity index (χ4n) is 4.04. The lowest BCUT2D eigenvalue weighted by Crippen LogP contribution is -2.56. The summed E-state index contributed by atoms with van der Waals surface area (Å²) in [6, 6.07) is 0.914. The van der Waals surface area contributed by atoms with E-state index in [1.165, 1.54) is 38.5 Å². The van der Waals surface area contributed by atoms with Crippen LogP contribution >= 0.6 is 0 Å². The lowest BCUT2D eigenvalue weighted by atomic mass is 9.78. The number of carboxylic acid groups (broad SMARTS) is 1. The molecule has 1 saturated heterocycles. The van der Waals surface area contributed by atoms with Crippen LogP contribution in [0.3, 0.4) is 0 Å². The van der Waals surface area contributed by atoms with Crippen LogP contribution < -0.4 is 5.32 Å². The van der Waals surface area contributed by atoms with Gasteiger partial charge in [0.25, 0.3) is 0 Å². The van der Waals surface area contributed by atoms with E-state index in [1.807, 2.05) is 0 Å².